The lowest BCUT2D eigenvalue weighted by molar-refractivity contribution is -0.131. The van der Waals surface area contributed by atoms with Crippen LogP contribution in [-0.2, 0) is 19.6 Å². The standard InChI is InChI=1S/C19H28FN3O5S/c1-13(18(25)21-10-11-24)23-19(26)15-4-2-14(3-5-15)12-22-29(27,28)17-8-6-16(20)7-9-17/h6-9,13-15,22,24H,2-5,10-12H2,1H3,(H,21,25)(H,23,26)/t13-,14?,15?/m0/s1. The van der Waals surface area contributed by atoms with Crippen LogP contribution in [0.1, 0.15) is 32.6 Å². The third-order valence-corrected chi connectivity index (χ3v) is 6.51. The highest BCUT2D eigenvalue weighted by Gasteiger charge is 2.28. The molecule has 0 spiro atoms. The molecule has 4 N–H and O–H groups in total. The molecule has 1 aromatic rings. The minimum atomic E-state index is -3.70. The van der Waals surface area contributed by atoms with E-state index in [1.807, 2.05) is 0 Å². The number of carbonyl (C=O) groups is 2. The molecule has 0 unspecified atom stereocenters. The maximum Gasteiger partial charge on any atom is 0.242 e. The first-order valence-electron chi connectivity index (χ1n) is 9.67. The number of carbonyl (C=O) groups excluding carboxylic acids is 2. The summed E-state index contributed by atoms with van der Waals surface area (Å²) in [4.78, 5) is 24.1. The van der Waals surface area contributed by atoms with Crippen LogP contribution in [0.5, 0.6) is 0 Å². The molecule has 0 radical (unpaired) electrons. The zero-order chi connectivity index (χ0) is 21.4. The summed E-state index contributed by atoms with van der Waals surface area (Å²) in [6.07, 6.45) is 2.60. The number of nitrogens with one attached hydrogen (secondary N) is 3. The Bertz CT molecular complexity index is 793. The first kappa shape index (κ1) is 23.2. The summed E-state index contributed by atoms with van der Waals surface area (Å²) in [5.74, 6) is -1.15. The molecule has 162 valence electrons. The number of sulfonamides is 1. The van der Waals surface area contributed by atoms with Gasteiger partial charge in [-0.25, -0.2) is 17.5 Å². The van der Waals surface area contributed by atoms with E-state index in [1.165, 1.54) is 12.1 Å². The summed E-state index contributed by atoms with van der Waals surface area (Å²) in [5, 5.41) is 13.9. The normalized spacial score (nSPS) is 20.7. The average molecular weight is 430 g/mol. The van der Waals surface area contributed by atoms with Gasteiger partial charge in [0.25, 0.3) is 0 Å². The Morgan fingerprint density at radius 3 is 2.38 bits per heavy atom. The molecule has 1 fully saturated rings. The van der Waals surface area contributed by atoms with E-state index in [4.69, 9.17) is 5.11 Å². The van der Waals surface area contributed by atoms with Gasteiger partial charge in [0.05, 0.1) is 11.5 Å². The van der Waals surface area contributed by atoms with Crippen molar-refractivity contribution in [2.75, 3.05) is 19.7 Å². The summed E-state index contributed by atoms with van der Waals surface area (Å²) in [6.45, 7) is 1.81. The number of rotatable bonds is 9. The molecule has 1 aliphatic rings. The lowest BCUT2D eigenvalue weighted by Crippen LogP contribution is -2.47. The second-order valence-electron chi connectivity index (χ2n) is 7.27. The van der Waals surface area contributed by atoms with Crippen molar-refractivity contribution in [2.24, 2.45) is 11.8 Å². The smallest absolute Gasteiger partial charge is 0.242 e. The van der Waals surface area contributed by atoms with Gasteiger partial charge in [-0.2, -0.15) is 0 Å². The van der Waals surface area contributed by atoms with Crippen LogP contribution < -0.4 is 15.4 Å². The van der Waals surface area contributed by atoms with Gasteiger partial charge in [-0.1, -0.05) is 0 Å². The zero-order valence-corrected chi connectivity index (χ0v) is 17.2. The Hall–Kier alpha value is -2.04. The molecule has 0 bridgehead atoms. The summed E-state index contributed by atoms with van der Waals surface area (Å²) in [7, 11) is -3.70. The van der Waals surface area contributed by atoms with Gasteiger partial charge in [0, 0.05) is 19.0 Å². The summed E-state index contributed by atoms with van der Waals surface area (Å²) in [6, 6.07) is 3.95. The number of aliphatic hydroxyl groups excluding tert-OH is 1. The highest BCUT2D eigenvalue weighted by molar-refractivity contribution is 7.89. The zero-order valence-electron chi connectivity index (χ0n) is 16.4. The Balaban J connectivity index is 1.76. The van der Waals surface area contributed by atoms with Crippen LogP contribution in [0.25, 0.3) is 0 Å². The van der Waals surface area contributed by atoms with Gasteiger partial charge < -0.3 is 15.7 Å². The van der Waals surface area contributed by atoms with E-state index in [9.17, 15) is 22.4 Å². The van der Waals surface area contributed by atoms with Crippen molar-refractivity contribution in [3.63, 3.8) is 0 Å². The van der Waals surface area contributed by atoms with Crippen LogP contribution >= 0.6 is 0 Å². The Kier molecular flexibility index (Phi) is 8.54. The molecule has 10 heteroatoms. The van der Waals surface area contributed by atoms with E-state index in [1.54, 1.807) is 6.92 Å². The van der Waals surface area contributed by atoms with Crippen LogP contribution in [0.4, 0.5) is 4.39 Å². The van der Waals surface area contributed by atoms with Crippen LogP contribution in [-0.4, -0.2) is 51.1 Å². The van der Waals surface area contributed by atoms with E-state index in [0.29, 0.717) is 25.7 Å². The molecule has 29 heavy (non-hydrogen) atoms. The Morgan fingerprint density at radius 2 is 1.79 bits per heavy atom. The molecular formula is C19H28FN3O5S. The van der Waals surface area contributed by atoms with Gasteiger partial charge in [-0.15, -0.1) is 0 Å². The van der Waals surface area contributed by atoms with Gasteiger partial charge in [0.2, 0.25) is 21.8 Å². The molecule has 0 heterocycles. The largest absolute Gasteiger partial charge is 0.395 e. The fourth-order valence-electron chi connectivity index (χ4n) is 3.28. The van der Waals surface area contributed by atoms with E-state index in [2.05, 4.69) is 15.4 Å². The highest BCUT2D eigenvalue weighted by atomic mass is 32.2. The molecule has 0 aliphatic heterocycles. The monoisotopic (exact) mass is 429 g/mol. The number of hydrogen-bond acceptors (Lipinski definition) is 5. The van der Waals surface area contributed by atoms with Gasteiger partial charge in [0.1, 0.15) is 11.9 Å². The minimum Gasteiger partial charge on any atom is -0.395 e. The molecule has 1 aliphatic carbocycles. The first-order valence-corrected chi connectivity index (χ1v) is 11.2. The Morgan fingerprint density at radius 1 is 1.17 bits per heavy atom. The predicted molar refractivity (Wildman–Crippen MR) is 105 cm³/mol. The quantitative estimate of drug-likeness (QED) is 0.456. The van der Waals surface area contributed by atoms with E-state index >= 15 is 0 Å². The number of hydrogen-bond donors (Lipinski definition) is 4. The Labute approximate surface area is 170 Å². The molecule has 1 atom stereocenters. The molecular weight excluding hydrogens is 401 g/mol. The summed E-state index contributed by atoms with van der Waals surface area (Å²) >= 11 is 0. The molecule has 8 nitrogen and oxygen atoms in total. The second-order valence-corrected chi connectivity index (χ2v) is 9.04. The molecule has 1 aromatic carbocycles. The van der Waals surface area contributed by atoms with Gasteiger partial charge in [-0.05, 0) is 62.8 Å². The van der Waals surface area contributed by atoms with Crippen molar-refractivity contribution in [1.29, 1.82) is 0 Å². The van der Waals surface area contributed by atoms with Crippen LogP contribution in [0.15, 0.2) is 29.2 Å². The highest BCUT2D eigenvalue weighted by Crippen LogP contribution is 2.29. The molecule has 0 saturated heterocycles. The second kappa shape index (κ2) is 10.7. The topological polar surface area (TPSA) is 125 Å². The van der Waals surface area contributed by atoms with Gasteiger partial charge in [-0.3, -0.25) is 9.59 Å². The SMILES string of the molecule is C[C@H](NC(=O)C1CCC(CNS(=O)(=O)c2ccc(F)cc2)CC1)C(=O)NCCO. The molecule has 2 amide bonds. The molecule has 0 aromatic heterocycles. The lowest BCUT2D eigenvalue weighted by atomic mass is 9.81. The van der Waals surface area contributed by atoms with Crippen molar-refractivity contribution in [2.45, 2.75) is 43.5 Å². The van der Waals surface area contributed by atoms with E-state index < -0.39 is 21.9 Å². The minimum absolute atomic E-state index is 0.0143. The average Bonchev–Trinajstić information content (AvgIpc) is 2.71. The predicted octanol–water partition coefficient (Wildman–Crippen LogP) is 0.524. The van der Waals surface area contributed by atoms with E-state index in [0.717, 1.165) is 12.1 Å². The van der Waals surface area contributed by atoms with Crippen molar-refractivity contribution in [3.05, 3.63) is 30.1 Å². The fourth-order valence-corrected chi connectivity index (χ4v) is 4.40. The van der Waals surface area contributed by atoms with Crippen LogP contribution in [0.2, 0.25) is 0 Å². The fraction of sp³-hybridized carbons (Fsp3) is 0.579. The van der Waals surface area contributed by atoms with Gasteiger partial charge >= 0.3 is 0 Å². The van der Waals surface area contributed by atoms with E-state index in [-0.39, 0.29) is 48.2 Å². The van der Waals surface area contributed by atoms with Crippen LogP contribution in [0, 0.1) is 17.7 Å². The van der Waals surface area contributed by atoms with Crippen molar-refractivity contribution in [1.82, 2.24) is 15.4 Å². The molecule has 1 saturated carbocycles. The third-order valence-electron chi connectivity index (χ3n) is 5.07. The molecule has 2 rings (SSSR count). The van der Waals surface area contributed by atoms with Crippen LogP contribution in [0.3, 0.4) is 0 Å². The number of halogens is 1. The van der Waals surface area contributed by atoms with Crippen molar-refractivity contribution in [3.8, 4) is 0 Å². The first-order chi connectivity index (χ1) is 13.7. The summed E-state index contributed by atoms with van der Waals surface area (Å²) < 4.78 is 40.0. The third kappa shape index (κ3) is 7.06. The van der Waals surface area contributed by atoms with Crippen molar-refractivity contribution >= 4 is 21.8 Å². The number of amides is 2. The summed E-state index contributed by atoms with van der Waals surface area (Å²) in [5.41, 5.74) is 0. The van der Waals surface area contributed by atoms with Gasteiger partial charge in [0.15, 0.2) is 0 Å². The number of benzene rings is 1. The maximum atomic E-state index is 13.0. The maximum absolute atomic E-state index is 13.0. The lowest BCUT2D eigenvalue weighted by Gasteiger charge is -2.28. The number of aliphatic hydroxyl groups is 1. The van der Waals surface area contributed by atoms with Crippen molar-refractivity contribution < 1.29 is 27.5 Å².